The van der Waals surface area contributed by atoms with Gasteiger partial charge in [0.15, 0.2) is 0 Å². The average molecular weight is 384 g/mol. The van der Waals surface area contributed by atoms with E-state index in [0.29, 0.717) is 17.5 Å². The molecule has 3 aliphatic heterocycles. The van der Waals surface area contributed by atoms with Gasteiger partial charge in [0, 0.05) is 33.6 Å². The number of fused-ring (bicyclic) bond motifs is 3. The van der Waals surface area contributed by atoms with Gasteiger partial charge in [-0.3, -0.25) is 14.7 Å². The maximum Gasteiger partial charge on any atom is 0.251 e. The Morgan fingerprint density at radius 3 is 2.59 bits per heavy atom. The third kappa shape index (κ3) is 3.96. The molecule has 1 aromatic carbocycles. The van der Waals surface area contributed by atoms with Crippen molar-refractivity contribution >= 4 is 17.7 Å². The van der Waals surface area contributed by atoms with E-state index >= 15 is 0 Å². The van der Waals surface area contributed by atoms with Gasteiger partial charge >= 0.3 is 0 Å². The lowest BCUT2D eigenvalue weighted by molar-refractivity contribution is 0.0217. The van der Waals surface area contributed by atoms with E-state index in [-0.39, 0.29) is 11.9 Å². The number of aromatic nitrogens is 1. The minimum absolute atomic E-state index is 0.0280. The molecular formula is C21H25N3O2S. The number of hydrogen-bond acceptors (Lipinski definition) is 5. The van der Waals surface area contributed by atoms with E-state index in [1.54, 1.807) is 25.1 Å². The predicted molar refractivity (Wildman–Crippen MR) is 106 cm³/mol. The summed E-state index contributed by atoms with van der Waals surface area (Å²) in [5.74, 6) is 1.38. The number of hydrogen-bond donors (Lipinski definition) is 1. The number of nitrogens with one attached hydrogen (secondary N) is 1. The number of pyridine rings is 1. The third-order valence-corrected chi connectivity index (χ3v) is 6.72. The molecule has 2 bridgehead atoms. The Labute approximate surface area is 164 Å². The van der Waals surface area contributed by atoms with Gasteiger partial charge in [-0.25, -0.2) is 0 Å². The van der Waals surface area contributed by atoms with E-state index in [4.69, 9.17) is 4.74 Å². The molecule has 2 atom stereocenters. The first-order valence-electron chi connectivity index (χ1n) is 9.46. The molecule has 5 rings (SSSR count). The molecule has 3 fully saturated rings. The van der Waals surface area contributed by atoms with E-state index in [1.807, 2.05) is 36.5 Å². The Balaban J connectivity index is 1.40. The second-order valence-corrected chi connectivity index (χ2v) is 8.45. The average Bonchev–Trinajstić information content (AvgIpc) is 2.71. The first kappa shape index (κ1) is 18.3. The number of carbonyl (C=O) groups is 1. The Bertz CT molecular complexity index is 801. The molecule has 0 radical (unpaired) electrons. The fraction of sp³-hybridized carbons (Fsp3) is 0.429. The SMILES string of the molecule is COc1cncc(Sc2ccc(C(=O)N[C@@H]3C4CCN(CC4)[C@H]3C)cc2)c1. The van der Waals surface area contributed by atoms with Gasteiger partial charge in [0.05, 0.1) is 13.3 Å². The summed E-state index contributed by atoms with van der Waals surface area (Å²) < 4.78 is 5.21. The second-order valence-electron chi connectivity index (χ2n) is 7.30. The van der Waals surface area contributed by atoms with Crippen LogP contribution >= 0.6 is 11.8 Å². The Kier molecular flexibility index (Phi) is 5.36. The number of ether oxygens (including phenoxy) is 1. The van der Waals surface area contributed by atoms with Gasteiger partial charge in [-0.2, -0.15) is 0 Å². The molecule has 0 aliphatic carbocycles. The molecule has 0 spiro atoms. The molecule has 2 aromatic rings. The number of amides is 1. The Hall–Kier alpha value is -2.05. The maximum absolute atomic E-state index is 12.7. The van der Waals surface area contributed by atoms with Crippen molar-refractivity contribution in [2.24, 2.45) is 5.92 Å². The van der Waals surface area contributed by atoms with Crippen molar-refractivity contribution in [3.63, 3.8) is 0 Å². The molecule has 4 heterocycles. The predicted octanol–water partition coefficient (Wildman–Crippen LogP) is 3.45. The van der Waals surface area contributed by atoms with Crippen LogP contribution in [0.5, 0.6) is 5.75 Å². The second kappa shape index (κ2) is 7.90. The zero-order valence-corrected chi connectivity index (χ0v) is 16.5. The fourth-order valence-electron chi connectivity index (χ4n) is 4.16. The summed E-state index contributed by atoms with van der Waals surface area (Å²) in [7, 11) is 1.63. The number of nitrogens with zero attached hydrogens (tertiary/aromatic N) is 2. The van der Waals surface area contributed by atoms with E-state index in [1.165, 1.54) is 25.9 Å². The lowest BCUT2D eigenvalue weighted by Crippen LogP contribution is -2.62. The fourth-order valence-corrected chi connectivity index (χ4v) is 4.99. The number of carbonyl (C=O) groups excluding carboxylic acids is 1. The Morgan fingerprint density at radius 1 is 1.19 bits per heavy atom. The quantitative estimate of drug-likeness (QED) is 0.857. The molecule has 3 aliphatic rings. The van der Waals surface area contributed by atoms with Crippen LogP contribution in [0.2, 0.25) is 0 Å². The highest BCUT2D eigenvalue weighted by Gasteiger charge is 2.40. The molecule has 1 N–H and O–H groups in total. The molecule has 0 unspecified atom stereocenters. The molecule has 0 saturated carbocycles. The first-order valence-corrected chi connectivity index (χ1v) is 10.3. The molecule has 6 heteroatoms. The summed E-state index contributed by atoms with van der Waals surface area (Å²) in [6.07, 6.45) is 5.88. The summed E-state index contributed by atoms with van der Waals surface area (Å²) in [4.78, 5) is 21.5. The molecular weight excluding hydrogens is 358 g/mol. The molecule has 142 valence electrons. The summed E-state index contributed by atoms with van der Waals surface area (Å²) >= 11 is 1.60. The standard InChI is InChI=1S/C21H25N3O2S/c1-14-20(15-7-9-24(14)10-8-15)23-21(25)16-3-5-18(6-4-16)27-19-11-17(26-2)12-22-13-19/h3-6,11-15,20H,7-10H2,1-2H3,(H,23,25)/t14-,20-/m0/s1. The van der Waals surface area contributed by atoms with Crippen LogP contribution in [0.3, 0.4) is 0 Å². The van der Waals surface area contributed by atoms with Crippen LogP contribution in [0.1, 0.15) is 30.1 Å². The van der Waals surface area contributed by atoms with Gasteiger partial charge in [-0.1, -0.05) is 11.8 Å². The van der Waals surface area contributed by atoms with Gasteiger partial charge < -0.3 is 10.1 Å². The van der Waals surface area contributed by atoms with Crippen molar-refractivity contribution in [2.45, 2.75) is 41.6 Å². The van der Waals surface area contributed by atoms with E-state index in [2.05, 4.69) is 22.1 Å². The van der Waals surface area contributed by atoms with Crippen LogP contribution in [0, 0.1) is 5.92 Å². The summed E-state index contributed by atoms with van der Waals surface area (Å²) in [6.45, 7) is 4.57. The van der Waals surface area contributed by atoms with Crippen molar-refractivity contribution in [3.8, 4) is 5.75 Å². The minimum Gasteiger partial charge on any atom is -0.495 e. The topological polar surface area (TPSA) is 54.5 Å². The lowest BCUT2D eigenvalue weighted by atomic mass is 9.79. The number of piperidine rings is 3. The number of benzene rings is 1. The summed E-state index contributed by atoms with van der Waals surface area (Å²) in [5.41, 5.74) is 0.715. The van der Waals surface area contributed by atoms with Gasteiger partial charge in [0.25, 0.3) is 5.91 Å². The van der Waals surface area contributed by atoms with Crippen LogP contribution in [-0.4, -0.2) is 48.1 Å². The maximum atomic E-state index is 12.7. The normalized spacial score (nSPS) is 26.6. The van der Waals surface area contributed by atoms with E-state index in [9.17, 15) is 4.79 Å². The highest BCUT2D eigenvalue weighted by molar-refractivity contribution is 7.99. The lowest BCUT2D eigenvalue weighted by Gasteiger charge is -2.49. The van der Waals surface area contributed by atoms with Crippen molar-refractivity contribution in [3.05, 3.63) is 48.3 Å². The highest BCUT2D eigenvalue weighted by atomic mass is 32.2. The van der Waals surface area contributed by atoms with Crippen LogP contribution in [0.4, 0.5) is 0 Å². The van der Waals surface area contributed by atoms with Gasteiger partial charge in [0.2, 0.25) is 0 Å². The number of rotatable bonds is 5. The first-order chi connectivity index (χ1) is 13.1. The van der Waals surface area contributed by atoms with E-state index < -0.39 is 0 Å². The molecule has 3 saturated heterocycles. The molecule has 27 heavy (non-hydrogen) atoms. The van der Waals surface area contributed by atoms with Gasteiger partial charge in [-0.15, -0.1) is 0 Å². The summed E-state index contributed by atoms with van der Waals surface area (Å²) in [5, 5.41) is 3.29. The molecule has 5 nitrogen and oxygen atoms in total. The zero-order chi connectivity index (χ0) is 18.8. The van der Waals surface area contributed by atoms with Crippen LogP contribution in [0.15, 0.2) is 52.5 Å². The zero-order valence-electron chi connectivity index (χ0n) is 15.7. The molecule has 1 aromatic heterocycles. The Morgan fingerprint density at radius 2 is 1.93 bits per heavy atom. The van der Waals surface area contributed by atoms with Crippen molar-refractivity contribution in [1.29, 1.82) is 0 Å². The van der Waals surface area contributed by atoms with Crippen molar-refractivity contribution in [2.75, 3.05) is 20.2 Å². The van der Waals surface area contributed by atoms with Gasteiger partial charge in [-0.05, 0) is 69.1 Å². The van der Waals surface area contributed by atoms with Crippen LogP contribution < -0.4 is 10.1 Å². The van der Waals surface area contributed by atoms with Crippen LogP contribution in [-0.2, 0) is 0 Å². The van der Waals surface area contributed by atoms with Gasteiger partial charge in [0.1, 0.15) is 5.75 Å². The third-order valence-electron chi connectivity index (χ3n) is 5.75. The van der Waals surface area contributed by atoms with Crippen LogP contribution in [0.25, 0.3) is 0 Å². The summed E-state index contributed by atoms with van der Waals surface area (Å²) in [6, 6.07) is 10.4. The number of methoxy groups -OCH3 is 1. The van der Waals surface area contributed by atoms with Crippen molar-refractivity contribution in [1.82, 2.24) is 15.2 Å². The molecule has 1 amide bonds. The highest BCUT2D eigenvalue weighted by Crippen LogP contribution is 2.32. The smallest absolute Gasteiger partial charge is 0.251 e. The van der Waals surface area contributed by atoms with Crippen molar-refractivity contribution < 1.29 is 9.53 Å². The van der Waals surface area contributed by atoms with E-state index in [0.717, 1.165) is 15.5 Å². The monoisotopic (exact) mass is 383 g/mol. The minimum atomic E-state index is 0.0280. The largest absolute Gasteiger partial charge is 0.495 e.